The van der Waals surface area contributed by atoms with Crippen LogP contribution in [-0.4, -0.2) is 97.0 Å². The Morgan fingerprint density at radius 1 is 0.887 bits per heavy atom. The minimum absolute atomic E-state index is 0.00662. The van der Waals surface area contributed by atoms with Crippen LogP contribution in [0.15, 0.2) is 48.8 Å². The number of imidazole rings is 2. The third-order valence-corrected chi connectivity index (χ3v) is 9.70. The predicted molar refractivity (Wildman–Crippen MR) is 251 cm³/mol. The maximum Gasteiger partial charge on any atom is 0.407 e. The zero-order valence-corrected chi connectivity index (χ0v) is 39.0. The molecule has 0 spiro atoms. The van der Waals surface area contributed by atoms with Gasteiger partial charge in [0.15, 0.2) is 0 Å². The van der Waals surface area contributed by atoms with Gasteiger partial charge in [-0.3, -0.25) is 14.5 Å². The monoisotopic (exact) mass is 859 g/mol. The molecule has 1 aliphatic heterocycles. The van der Waals surface area contributed by atoms with E-state index in [0.717, 1.165) is 61.6 Å². The number of hydrogen-bond acceptors (Lipinski definition) is 9. The lowest BCUT2D eigenvalue weighted by molar-refractivity contribution is -0.110. The van der Waals surface area contributed by atoms with Gasteiger partial charge >= 0.3 is 6.09 Å². The smallest absolute Gasteiger partial charge is 0.407 e. The Bertz CT molecular complexity index is 1870. The fourth-order valence-electron chi connectivity index (χ4n) is 6.59. The highest BCUT2D eigenvalue weighted by Crippen LogP contribution is 2.39. The Balaban J connectivity index is 0.00000142. The topological polar surface area (TPSA) is 197 Å². The van der Waals surface area contributed by atoms with Gasteiger partial charge in [0.25, 0.3) is 0 Å². The van der Waals surface area contributed by atoms with Gasteiger partial charge in [0.2, 0.25) is 12.8 Å². The van der Waals surface area contributed by atoms with Crippen LogP contribution in [0.3, 0.4) is 0 Å². The molecule has 1 aliphatic carbocycles. The predicted octanol–water partition coefficient (Wildman–Crippen LogP) is 8.39. The number of carbonyl (C=O) groups is 4. The molecule has 62 heavy (non-hydrogen) atoms. The summed E-state index contributed by atoms with van der Waals surface area (Å²) in [5.41, 5.74) is 14.2. The fraction of sp³-hybridized carbons (Fsp3) is 0.500. The van der Waals surface area contributed by atoms with Crippen LogP contribution in [0.25, 0.3) is 33.6 Å². The molecule has 0 bridgehead atoms. The Kier molecular flexibility index (Phi) is 29.9. The number of alkyl carbamates (subject to hydrolysis) is 1. The molecular formula is C48H74N8O6. The van der Waals surface area contributed by atoms with E-state index < -0.39 is 6.09 Å². The van der Waals surface area contributed by atoms with E-state index in [1.807, 2.05) is 19.3 Å². The van der Waals surface area contributed by atoms with Crippen LogP contribution < -0.4 is 16.4 Å². The summed E-state index contributed by atoms with van der Waals surface area (Å²) >= 11 is 0. The molecule has 3 amide bonds. The Morgan fingerprint density at radius 3 is 1.84 bits per heavy atom. The number of primary amides is 1. The number of amides is 3. The van der Waals surface area contributed by atoms with E-state index in [0.29, 0.717) is 24.3 Å². The van der Waals surface area contributed by atoms with Crippen molar-refractivity contribution in [2.45, 2.75) is 124 Å². The first-order valence-electron chi connectivity index (χ1n) is 21.3. The first-order chi connectivity index (χ1) is 29.9. The Hall–Kier alpha value is -5.78. The second-order valence-electron chi connectivity index (χ2n) is 14.9. The van der Waals surface area contributed by atoms with Crippen molar-refractivity contribution in [3.8, 4) is 46.5 Å². The summed E-state index contributed by atoms with van der Waals surface area (Å²) in [7, 11) is 6.69. The number of H-pyrrole nitrogens is 2. The number of likely N-dealkylation sites (tertiary alicyclic amines) is 1. The van der Waals surface area contributed by atoms with Gasteiger partial charge in [-0.15, -0.1) is 12.8 Å². The number of fused-ring (bicyclic) bond motifs is 3. The number of hydrogen-bond donors (Lipinski definition) is 5. The van der Waals surface area contributed by atoms with Gasteiger partial charge in [-0.25, -0.2) is 14.8 Å². The molecule has 1 saturated heterocycles. The van der Waals surface area contributed by atoms with Crippen molar-refractivity contribution in [2.24, 2.45) is 5.73 Å². The first-order valence-corrected chi connectivity index (χ1v) is 21.3. The normalized spacial score (nSPS) is 15.0. The first kappa shape index (κ1) is 56.2. The minimum Gasteiger partial charge on any atom is -0.453 e. The molecule has 3 heterocycles. The summed E-state index contributed by atoms with van der Waals surface area (Å²) in [5.74, 6) is 2.38. The largest absolute Gasteiger partial charge is 0.453 e. The number of rotatable bonds is 11. The summed E-state index contributed by atoms with van der Waals surface area (Å²) in [6, 6.07) is 14.8. The maximum absolute atomic E-state index is 10.7. The van der Waals surface area contributed by atoms with Crippen molar-refractivity contribution in [1.29, 1.82) is 0 Å². The number of nitrogens with zero attached hydrogens (tertiary/aromatic N) is 3. The van der Waals surface area contributed by atoms with Gasteiger partial charge in [0.05, 0.1) is 43.5 Å². The number of aromatic amines is 2. The molecule has 2 aromatic carbocycles. The van der Waals surface area contributed by atoms with Crippen LogP contribution in [0.4, 0.5) is 4.79 Å². The summed E-state index contributed by atoms with van der Waals surface area (Å²) in [6.45, 7) is 15.0. The zero-order valence-electron chi connectivity index (χ0n) is 39.0. The second kappa shape index (κ2) is 32.9. The van der Waals surface area contributed by atoms with Crippen LogP contribution in [-0.2, 0) is 36.7 Å². The van der Waals surface area contributed by atoms with Gasteiger partial charge in [-0.05, 0) is 105 Å². The van der Waals surface area contributed by atoms with Crippen molar-refractivity contribution in [3.05, 3.63) is 71.6 Å². The van der Waals surface area contributed by atoms with Gasteiger partial charge in [0.1, 0.15) is 17.9 Å². The number of benzene rings is 2. The lowest BCUT2D eigenvalue weighted by atomic mass is 9.83. The molecule has 2 aliphatic rings. The average molecular weight is 859 g/mol. The van der Waals surface area contributed by atoms with Crippen molar-refractivity contribution >= 4 is 25.2 Å². The summed E-state index contributed by atoms with van der Waals surface area (Å²) in [6.07, 6.45) is 21.8. The molecule has 0 radical (unpaired) electrons. The molecule has 0 unspecified atom stereocenters. The van der Waals surface area contributed by atoms with E-state index in [1.54, 1.807) is 14.2 Å². The Labute approximate surface area is 371 Å². The quantitative estimate of drug-likeness (QED) is 0.0727. The number of methoxy groups -OCH3 is 2. The third-order valence-electron chi connectivity index (χ3n) is 9.70. The maximum atomic E-state index is 10.7. The van der Waals surface area contributed by atoms with Gasteiger partial charge < -0.3 is 40.6 Å². The van der Waals surface area contributed by atoms with Crippen LogP contribution in [0.1, 0.15) is 122 Å². The number of aldehydes is 1. The molecule has 0 saturated carbocycles. The number of terminal acetylenes is 1. The van der Waals surface area contributed by atoms with Crippen LogP contribution in [0, 0.1) is 12.8 Å². The number of nitrogens with two attached hydrogens (primary N) is 1. The molecule has 4 atom stereocenters. The van der Waals surface area contributed by atoms with Gasteiger partial charge in [-0.2, -0.15) is 0 Å². The van der Waals surface area contributed by atoms with E-state index >= 15 is 0 Å². The van der Waals surface area contributed by atoms with E-state index in [1.165, 1.54) is 59.8 Å². The number of carbonyl (C=O) groups excluding carboxylic acids is 4. The van der Waals surface area contributed by atoms with Crippen molar-refractivity contribution < 1.29 is 28.7 Å². The number of aromatic nitrogens is 4. The highest BCUT2D eigenvalue weighted by molar-refractivity contribution is 5.79. The molecular weight excluding hydrogens is 785 g/mol. The van der Waals surface area contributed by atoms with Crippen LogP contribution in [0.2, 0.25) is 0 Å². The molecule has 6 rings (SSSR count). The standard InChI is InChI=1S/C33H40N6O.C4H7NO3.2C3H8.C2H6O.C2H2.CH3NO/c1-20(5-6-21(2)36-19-40)32-34-17-29(37-32)25-10-12-27-23(15-25)8-9-24-16-26(11-13-28(24)27)30-18-35-33(38-30)31-14-7-22(3)39(31)4;1-8-4(7)5-2-3-6;3*1-3-2;1-2;2-1-3/h10-13,15-22,31H,5-9,14H2,1-4H3,(H,34,37)(H,35,38)(H,36,40);3H,2H2,1H3,(H,5,7);2*3H2,1-2H3;1-2H3;1-2H;1H,(H2,2,3)/t20-,21-,22-,31-;;;;;;/m0....../s1. The highest BCUT2D eigenvalue weighted by Gasteiger charge is 2.30. The lowest BCUT2D eigenvalue weighted by Crippen LogP contribution is -2.25. The summed E-state index contributed by atoms with van der Waals surface area (Å²) < 4.78 is 8.39. The molecule has 342 valence electrons. The molecule has 14 nitrogen and oxygen atoms in total. The number of aryl methyl sites for hydroxylation is 2. The van der Waals surface area contributed by atoms with Crippen molar-refractivity contribution in [3.63, 3.8) is 0 Å². The molecule has 6 N–H and O–H groups in total. The van der Waals surface area contributed by atoms with Crippen molar-refractivity contribution in [2.75, 3.05) is 34.9 Å². The molecule has 14 heteroatoms. The van der Waals surface area contributed by atoms with E-state index in [2.05, 4.69) is 144 Å². The van der Waals surface area contributed by atoms with Crippen LogP contribution in [0.5, 0.6) is 0 Å². The highest BCUT2D eigenvalue weighted by atomic mass is 16.5. The zero-order chi connectivity index (χ0) is 47.0. The van der Waals surface area contributed by atoms with Gasteiger partial charge in [0, 0.05) is 32.2 Å². The van der Waals surface area contributed by atoms with Gasteiger partial charge in [-0.1, -0.05) is 71.7 Å². The van der Waals surface area contributed by atoms with E-state index in [9.17, 15) is 14.4 Å². The number of nitrogens with one attached hydrogen (secondary N) is 4. The second-order valence-corrected chi connectivity index (χ2v) is 14.9. The third kappa shape index (κ3) is 18.9. The SMILES string of the molecule is C#C.CCC.CCC.COC.COC(=O)NCC=O.C[C@@H](CC[C@H](C)c1ncc(-c2ccc3c(c2)CCc2cc(-c4cnc([C@@H]5CC[C@H](C)N5C)[nH]4)ccc2-3)[nH]1)NC=O.NC=O. The number of ether oxygens (including phenoxy) is 2. The van der Waals surface area contributed by atoms with E-state index in [4.69, 9.17) is 9.78 Å². The molecule has 1 fully saturated rings. The average Bonchev–Trinajstić information content (AvgIpc) is 4.05. The Morgan fingerprint density at radius 2 is 1.39 bits per heavy atom. The fourth-order valence-corrected chi connectivity index (χ4v) is 6.59. The van der Waals surface area contributed by atoms with Crippen LogP contribution >= 0.6 is 0 Å². The summed E-state index contributed by atoms with van der Waals surface area (Å²) in [5, 5.41) is 4.98. The lowest BCUT2D eigenvalue weighted by Gasteiger charge is -2.22. The van der Waals surface area contributed by atoms with E-state index in [-0.39, 0.29) is 19.0 Å². The van der Waals surface area contributed by atoms with Crippen molar-refractivity contribution in [1.82, 2.24) is 35.5 Å². The molecule has 4 aromatic rings. The minimum atomic E-state index is -0.586. The summed E-state index contributed by atoms with van der Waals surface area (Å²) in [4.78, 5) is 57.9. The molecule has 2 aromatic heterocycles.